The molecule has 4 aromatic carbocycles. The summed E-state index contributed by atoms with van der Waals surface area (Å²) in [5.41, 5.74) is 13.9. The molecule has 352 valence electrons. The molecule has 0 spiro atoms. The summed E-state index contributed by atoms with van der Waals surface area (Å²) in [6, 6.07) is 18.0. The molecule has 6 aromatic rings. The molecule has 16 nitrogen and oxygen atoms in total. The molecule has 5 N–H and O–H groups in total. The van der Waals surface area contributed by atoms with Crippen LogP contribution in [0.3, 0.4) is 0 Å². The molecule has 0 atom stereocenters. The van der Waals surface area contributed by atoms with Crippen LogP contribution in [0.4, 0.5) is 41.4 Å². The van der Waals surface area contributed by atoms with Gasteiger partial charge in [0.25, 0.3) is 0 Å². The van der Waals surface area contributed by atoms with Gasteiger partial charge in [0.05, 0.1) is 45.6 Å². The molecular weight excluding hydrogens is 865 g/mol. The number of nitrogens with two attached hydrogens (primary N) is 2. The zero-order chi connectivity index (χ0) is 48.5. The largest absolute Gasteiger partial charge is 0.519 e. The molecule has 0 unspecified atom stereocenters. The number of carbonyl (C=O) groups excluding carboxylic acids is 4. The van der Waals surface area contributed by atoms with E-state index < -0.39 is 46.7 Å². The second-order valence-corrected chi connectivity index (χ2v) is 17.8. The van der Waals surface area contributed by atoms with Gasteiger partial charge in [0.15, 0.2) is 11.6 Å². The second kappa shape index (κ2) is 21.3. The molecule has 0 saturated carbocycles. The van der Waals surface area contributed by atoms with Gasteiger partial charge in [-0.2, -0.15) is 0 Å². The fourth-order valence-corrected chi connectivity index (χ4v) is 6.96. The van der Waals surface area contributed by atoms with Gasteiger partial charge in [-0.05, 0) is 134 Å². The molecular formula is C49H55F2N9O7. The number of ketones is 2. The minimum atomic E-state index is -1.06. The van der Waals surface area contributed by atoms with Crippen molar-refractivity contribution in [1.29, 1.82) is 0 Å². The average Bonchev–Trinajstić information content (AvgIpc) is 3.29. The number of carbonyl (C=O) groups is 4. The van der Waals surface area contributed by atoms with Gasteiger partial charge in [-0.15, -0.1) is 0 Å². The number of hydrogen-bond donors (Lipinski definition) is 3. The van der Waals surface area contributed by atoms with E-state index >= 15 is 0 Å². The van der Waals surface area contributed by atoms with Crippen LogP contribution in [0.5, 0.6) is 0 Å². The summed E-state index contributed by atoms with van der Waals surface area (Å²) in [7, 11) is 0. The fourth-order valence-electron chi connectivity index (χ4n) is 6.96. The maximum absolute atomic E-state index is 14.0. The molecule has 2 aromatic heterocycles. The van der Waals surface area contributed by atoms with Crippen molar-refractivity contribution >= 4 is 69.0 Å². The standard InChI is InChI=1S/C20H19FN4O.C19H18FN5O.C10H18O5/c21-16-6-5-14(22)11-15(16)20(26)13-4-7-17-18(10-13)24-19(12-23-17)25-8-2-1-3-9-25;20-15-3-2-13(21)10-14(15)19(26)12-1-4-16-17(9-12)24-18(11-23-16)25-7-5-22-6-8-25;1-9(2,3)14-7(11)13-8(12)15-10(4,5)6/h4-7,10-12H,1-3,8-9,22H2;1-4,9-11,22H,5-8,21H2;1-6H3. The predicted molar refractivity (Wildman–Crippen MR) is 252 cm³/mol. The Morgan fingerprint density at radius 3 is 1.40 bits per heavy atom. The first kappa shape index (κ1) is 49.1. The summed E-state index contributed by atoms with van der Waals surface area (Å²) in [5.74, 6) is -0.425. The highest BCUT2D eigenvalue weighted by Crippen LogP contribution is 2.24. The van der Waals surface area contributed by atoms with Crippen LogP contribution in [0.15, 0.2) is 85.2 Å². The van der Waals surface area contributed by atoms with Crippen molar-refractivity contribution in [2.75, 3.05) is 60.5 Å². The smallest absolute Gasteiger partial charge is 0.428 e. The number of anilines is 4. The molecule has 0 bridgehead atoms. The van der Waals surface area contributed by atoms with Crippen LogP contribution < -0.4 is 26.6 Å². The number of halogens is 2. The van der Waals surface area contributed by atoms with Crippen LogP contribution in [0.25, 0.3) is 22.1 Å². The van der Waals surface area contributed by atoms with E-state index in [9.17, 15) is 28.0 Å². The lowest BCUT2D eigenvalue weighted by Crippen LogP contribution is -2.43. The van der Waals surface area contributed by atoms with Crippen LogP contribution in [0, 0.1) is 11.6 Å². The highest BCUT2D eigenvalue weighted by atomic mass is 19.1. The van der Waals surface area contributed by atoms with Gasteiger partial charge < -0.3 is 40.8 Å². The third-order valence-electron chi connectivity index (χ3n) is 10.1. The van der Waals surface area contributed by atoms with Gasteiger partial charge in [0.2, 0.25) is 0 Å². The molecule has 4 heterocycles. The Morgan fingerprint density at radius 2 is 0.985 bits per heavy atom. The molecule has 2 aliphatic heterocycles. The fraction of sp³-hybridized carbons (Fsp3) is 0.347. The zero-order valence-corrected chi connectivity index (χ0v) is 38.4. The normalized spacial score (nSPS) is 14.0. The first-order chi connectivity index (χ1) is 31.7. The average molecular weight is 920 g/mol. The zero-order valence-electron chi connectivity index (χ0n) is 38.4. The van der Waals surface area contributed by atoms with E-state index in [1.807, 2.05) is 0 Å². The third-order valence-corrected chi connectivity index (χ3v) is 10.1. The maximum Gasteiger partial charge on any atom is 0.519 e. The van der Waals surface area contributed by atoms with Crippen molar-refractivity contribution in [3.8, 4) is 0 Å². The summed E-state index contributed by atoms with van der Waals surface area (Å²) < 4.78 is 41.8. The van der Waals surface area contributed by atoms with Crippen LogP contribution >= 0.6 is 0 Å². The molecule has 18 heteroatoms. The lowest BCUT2D eigenvalue weighted by atomic mass is 10.0. The van der Waals surface area contributed by atoms with Crippen LogP contribution in [0.1, 0.15) is 92.6 Å². The Kier molecular flexibility index (Phi) is 15.6. The Balaban J connectivity index is 0.000000173. The van der Waals surface area contributed by atoms with Crippen LogP contribution in [-0.2, 0) is 14.2 Å². The Bertz CT molecular complexity index is 2580. The van der Waals surface area contributed by atoms with Gasteiger partial charge >= 0.3 is 12.3 Å². The highest BCUT2D eigenvalue weighted by Gasteiger charge is 2.25. The molecule has 0 radical (unpaired) electrons. The third kappa shape index (κ3) is 13.8. The number of piperidine rings is 1. The lowest BCUT2D eigenvalue weighted by molar-refractivity contribution is -0.0294. The van der Waals surface area contributed by atoms with Crippen molar-refractivity contribution in [2.45, 2.75) is 72.0 Å². The van der Waals surface area contributed by atoms with Crippen molar-refractivity contribution < 1.29 is 42.2 Å². The second-order valence-electron chi connectivity index (χ2n) is 17.8. The van der Waals surface area contributed by atoms with E-state index in [4.69, 9.17) is 20.9 Å². The van der Waals surface area contributed by atoms with Crippen molar-refractivity contribution in [3.05, 3.63) is 119 Å². The molecule has 2 aliphatic rings. The number of benzene rings is 4. The predicted octanol–water partition coefficient (Wildman–Crippen LogP) is 8.44. The lowest BCUT2D eigenvalue weighted by Gasteiger charge is -2.28. The number of nitrogens with zero attached hydrogens (tertiary/aromatic N) is 6. The minimum absolute atomic E-state index is 0.0375. The quantitative estimate of drug-likeness (QED) is 0.0618. The van der Waals surface area contributed by atoms with E-state index in [-0.39, 0.29) is 11.1 Å². The molecule has 2 saturated heterocycles. The first-order valence-electron chi connectivity index (χ1n) is 21.8. The maximum atomic E-state index is 14.0. The van der Waals surface area contributed by atoms with Crippen LogP contribution in [0.2, 0.25) is 0 Å². The molecule has 67 heavy (non-hydrogen) atoms. The van der Waals surface area contributed by atoms with Gasteiger partial charge in [-0.1, -0.05) is 0 Å². The molecule has 0 amide bonds. The monoisotopic (exact) mass is 919 g/mol. The highest BCUT2D eigenvalue weighted by molar-refractivity contribution is 6.11. The number of piperazine rings is 1. The number of nitrogens with one attached hydrogen (secondary N) is 1. The van der Waals surface area contributed by atoms with Gasteiger partial charge in [0.1, 0.15) is 34.5 Å². The van der Waals surface area contributed by atoms with E-state index in [0.29, 0.717) is 44.6 Å². The number of aromatic nitrogens is 4. The molecule has 8 rings (SSSR count). The topological polar surface area (TPSA) is 218 Å². The molecule has 0 aliphatic carbocycles. The minimum Gasteiger partial charge on any atom is -0.428 e. The van der Waals surface area contributed by atoms with Gasteiger partial charge in [0, 0.05) is 61.8 Å². The number of hydrogen-bond acceptors (Lipinski definition) is 16. The van der Waals surface area contributed by atoms with Crippen molar-refractivity contribution in [1.82, 2.24) is 25.3 Å². The van der Waals surface area contributed by atoms with Gasteiger partial charge in [-0.3, -0.25) is 19.6 Å². The molecule has 2 fully saturated rings. The Hall–Kier alpha value is -7.34. The first-order valence-corrected chi connectivity index (χ1v) is 21.8. The van der Waals surface area contributed by atoms with E-state index in [1.54, 1.807) is 90.3 Å². The van der Waals surface area contributed by atoms with E-state index in [1.165, 1.54) is 42.8 Å². The van der Waals surface area contributed by atoms with E-state index in [0.717, 1.165) is 63.7 Å². The number of fused-ring (bicyclic) bond motifs is 2. The summed E-state index contributed by atoms with van der Waals surface area (Å²) >= 11 is 0. The number of ether oxygens (including phenoxy) is 3. The van der Waals surface area contributed by atoms with Crippen molar-refractivity contribution in [2.24, 2.45) is 0 Å². The number of nitrogen functional groups attached to an aromatic ring is 2. The Morgan fingerprint density at radius 1 is 0.567 bits per heavy atom. The van der Waals surface area contributed by atoms with Crippen molar-refractivity contribution in [3.63, 3.8) is 0 Å². The summed E-state index contributed by atoms with van der Waals surface area (Å²) in [4.78, 5) is 70.0. The Labute approximate surface area is 387 Å². The summed E-state index contributed by atoms with van der Waals surface area (Å²) in [5, 5.41) is 3.29. The SMILES string of the molecule is CC(C)(C)OC(=O)OC(=O)OC(C)(C)C.Nc1ccc(F)c(C(=O)c2ccc3ncc(N4CCCCC4)nc3c2)c1.Nc1ccc(F)c(C(=O)c2ccc3ncc(N4CCNCC4)nc3c2)c1. The van der Waals surface area contributed by atoms with Crippen LogP contribution in [-0.4, -0.2) is 94.3 Å². The summed E-state index contributed by atoms with van der Waals surface area (Å²) in [6.07, 6.45) is 4.93. The number of rotatable bonds is 6. The van der Waals surface area contributed by atoms with E-state index in [2.05, 4.69) is 39.8 Å². The van der Waals surface area contributed by atoms with Gasteiger partial charge in [-0.25, -0.2) is 28.3 Å². The summed E-state index contributed by atoms with van der Waals surface area (Å²) in [6.45, 7) is 15.5.